The van der Waals surface area contributed by atoms with Gasteiger partial charge in [-0.15, -0.1) is 17.8 Å². The van der Waals surface area contributed by atoms with Crippen molar-refractivity contribution in [1.82, 2.24) is 4.98 Å². The molecule has 0 unspecified atom stereocenters. The zero-order chi connectivity index (χ0) is 9.97. The fourth-order valence-corrected chi connectivity index (χ4v) is 1.76. The van der Waals surface area contributed by atoms with E-state index in [1.165, 1.54) is 11.3 Å². The zero-order valence-corrected chi connectivity index (χ0v) is 8.21. The monoisotopic (exact) mass is 200 g/mol. The van der Waals surface area contributed by atoms with Crippen molar-refractivity contribution in [1.29, 1.82) is 0 Å². The quantitative estimate of drug-likeness (QED) is 0.718. The predicted octanol–water partition coefficient (Wildman–Crippen LogP) is 2.37. The first kappa shape index (κ1) is 8.79. The molecular weight excluding hydrogens is 192 g/mol. The van der Waals surface area contributed by atoms with Crippen LogP contribution in [-0.2, 0) is 0 Å². The maximum atomic E-state index is 5.55. The van der Waals surface area contributed by atoms with Gasteiger partial charge in [0.15, 0.2) is 5.13 Å². The Labute approximate surface area is 86.4 Å². The van der Waals surface area contributed by atoms with Crippen LogP contribution < -0.4 is 5.73 Å². The van der Waals surface area contributed by atoms with E-state index in [4.69, 9.17) is 12.2 Å². The van der Waals surface area contributed by atoms with E-state index in [1.54, 1.807) is 0 Å². The summed E-state index contributed by atoms with van der Waals surface area (Å²) in [4.78, 5) is 4.18. The van der Waals surface area contributed by atoms with Crippen LogP contribution in [0.2, 0.25) is 0 Å². The third kappa shape index (κ3) is 1.61. The molecule has 0 spiro atoms. The van der Waals surface area contributed by atoms with Crippen molar-refractivity contribution in [2.45, 2.75) is 0 Å². The van der Waals surface area contributed by atoms with Crippen molar-refractivity contribution in [2.75, 3.05) is 5.73 Å². The minimum atomic E-state index is 0.575. The summed E-state index contributed by atoms with van der Waals surface area (Å²) in [7, 11) is 0. The van der Waals surface area contributed by atoms with Crippen LogP contribution >= 0.6 is 11.3 Å². The number of hydrogen-bond donors (Lipinski definition) is 1. The molecular formula is C11H8N2S. The number of aromatic nitrogens is 1. The SMILES string of the molecule is C#Cc1cccc(-c2csc(N)n2)c1. The predicted molar refractivity (Wildman–Crippen MR) is 59.9 cm³/mol. The van der Waals surface area contributed by atoms with Crippen LogP contribution in [0.4, 0.5) is 5.13 Å². The van der Waals surface area contributed by atoms with Crippen LogP contribution in [0.5, 0.6) is 0 Å². The molecule has 2 N–H and O–H groups in total. The summed E-state index contributed by atoms with van der Waals surface area (Å²) >= 11 is 1.43. The van der Waals surface area contributed by atoms with Crippen molar-refractivity contribution in [3.8, 4) is 23.6 Å². The Kier molecular flexibility index (Phi) is 2.21. The van der Waals surface area contributed by atoms with Crippen LogP contribution in [0.3, 0.4) is 0 Å². The van der Waals surface area contributed by atoms with Crippen molar-refractivity contribution < 1.29 is 0 Å². The van der Waals surface area contributed by atoms with Crippen LogP contribution in [0.15, 0.2) is 29.6 Å². The number of thiazole rings is 1. The van der Waals surface area contributed by atoms with Gasteiger partial charge < -0.3 is 5.73 Å². The smallest absolute Gasteiger partial charge is 0.180 e. The molecule has 0 atom stereocenters. The summed E-state index contributed by atoms with van der Waals surface area (Å²) in [6.45, 7) is 0. The Morgan fingerprint density at radius 2 is 2.29 bits per heavy atom. The lowest BCUT2D eigenvalue weighted by atomic mass is 10.1. The van der Waals surface area contributed by atoms with Gasteiger partial charge in [0.25, 0.3) is 0 Å². The minimum Gasteiger partial charge on any atom is -0.375 e. The Bertz CT molecular complexity index is 494. The Hall–Kier alpha value is -1.79. The van der Waals surface area contributed by atoms with Crippen LogP contribution in [0, 0.1) is 12.3 Å². The molecule has 0 fully saturated rings. The van der Waals surface area contributed by atoms with Gasteiger partial charge in [-0.3, -0.25) is 0 Å². The highest BCUT2D eigenvalue weighted by molar-refractivity contribution is 7.13. The lowest BCUT2D eigenvalue weighted by molar-refractivity contribution is 1.41. The molecule has 0 radical (unpaired) electrons. The number of anilines is 1. The molecule has 2 aromatic rings. The number of rotatable bonds is 1. The largest absolute Gasteiger partial charge is 0.375 e. The molecule has 2 nitrogen and oxygen atoms in total. The van der Waals surface area contributed by atoms with Gasteiger partial charge in [0.2, 0.25) is 0 Å². The fraction of sp³-hybridized carbons (Fsp3) is 0. The molecule has 0 aliphatic heterocycles. The van der Waals surface area contributed by atoms with E-state index in [0.29, 0.717) is 5.13 Å². The number of nitrogens with zero attached hydrogens (tertiary/aromatic N) is 1. The minimum absolute atomic E-state index is 0.575. The number of nitrogen functional groups attached to an aromatic ring is 1. The normalized spacial score (nSPS) is 9.64. The third-order valence-electron chi connectivity index (χ3n) is 1.85. The van der Waals surface area contributed by atoms with Gasteiger partial charge in [-0.25, -0.2) is 4.98 Å². The Morgan fingerprint density at radius 1 is 1.43 bits per heavy atom. The van der Waals surface area contributed by atoms with Crippen molar-refractivity contribution in [3.63, 3.8) is 0 Å². The summed E-state index contributed by atoms with van der Waals surface area (Å²) in [5.74, 6) is 2.59. The molecule has 0 aliphatic rings. The number of benzene rings is 1. The zero-order valence-electron chi connectivity index (χ0n) is 7.40. The topological polar surface area (TPSA) is 38.9 Å². The summed E-state index contributed by atoms with van der Waals surface area (Å²) in [5, 5.41) is 2.50. The molecule has 0 aliphatic carbocycles. The van der Waals surface area contributed by atoms with E-state index >= 15 is 0 Å². The highest BCUT2D eigenvalue weighted by atomic mass is 32.1. The number of terminal acetylenes is 1. The lowest BCUT2D eigenvalue weighted by Gasteiger charge is -1.96. The van der Waals surface area contributed by atoms with Crippen LogP contribution in [0.1, 0.15) is 5.56 Å². The molecule has 2 rings (SSSR count). The van der Waals surface area contributed by atoms with Crippen molar-refractivity contribution >= 4 is 16.5 Å². The molecule has 68 valence electrons. The first-order valence-electron chi connectivity index (χ1n) is 4.07. The second-order valence-corrected chi connectivity index (χ2v) is 3.69. The van der Waals surface area contributed by atoms with Crippen LogP contribution in [-0.4, -0.2) is 4.98 Å². The fourth-order valence-electron chi connectivity index (χ4n) is 1.19. The van der Waals surface area contributed by atoms with Gasteiger partial charge in [-0.1, -0.05) is 18.1 Å². The molecule has 0 amide bonds. The summed E-state index contributed by atoms with van der Waals surface area (Å²) < 4.78 is 0. The summed E-state index contributed by atoms with van der Waals surface area (Å²) in [5.41, 5.74) is 8.30. The molecule has 1 aromatic carbocycles. The molecule has 0 bridgehead atoms. The molecule has 1 heterocycles. The molecule has 14 heavy (non-hydrogen) atoms. The second-order valence-electron chi connectivity index (χ2n) is 2.80. The van der Waals surface area contributed by atoms with Crippen molar-refractivity contribution in [2.24, 2.45) is 0 Å². The van der Waals surface area contributed by atoms with Gasteiger partial charge in [-0.2, -0.15) is 0 Å². The van der Waals surface area contributed by atoms with Gasteiger partial charge >= 0.3 is 0 Å². The second kappa shape index (κ2) is 3.52. The average Bonchev–Trinajstić information content (AvgIpc) is 2.65. The maximum absolute atomic E-state index is 5.55. The Balaban J connectivity index is 2.47. The number of nitrogens with two attached hydrogens (primary N) is 1. The van der Waals surface area contributed by atoms with E-state index in [9.17, 15) is 0 Å². The lowest BCUT2D eigenvalue weighted by Crippen LogP contribution is -1.83. The van der Waals surface area contributed by atoms with Gasteiger partial charge in [0.1, 0.15) is 0 Å². The first-order chi connectivity index (χ1) is 6.79. The summed E-state index contributed by atoms with van der Waals surface area (Å²) in [6, 6.07) is 7.70. The molecule has 1 aromatic heterocycles. The summed E-state index contributed by atoms with van der Waals surface area (Å²) in [6.07, 6.45) is 5.31. The van der Waals surface area contributed by atoms with E-state index in [2.05, 4.69) is 10.9 Å². The van der Waals surface area contributed by atoms with Gasteiger partial charge in [0.05, 0.1) is 5.69 Å². The molecule has 3 heteroatoms. The molecule has 0 saturated carbocycles. The van der Waals surface area contributed by atoms with E-state index < -0.39 is 0 Å². The van der Waals surface area contributed by atoms with E-state index in [1.807, 2.05) is 29.6 Å². The third-order valence-corrected chi connectivity index (χ3v) is 2.52. The van der Waals surface area contributed by atoms with E-state index in [0.717, 1.165) is 16.8 Å². The van der Waals surface area contributed by atoms with Crippen LogP contribution in [0.25, 0.3) is 11.3 Å². The van der Waals surface area contributed by atoms with E-state index in [-0.39, 0.29) is 0 Å². The Morgan fingerprint density at radius 3 is 2.93 bits per heavy atom. The maximum Gasteiger partial charge on any atom is 0.180 e. The average molecular weight is 200 g/mol. The highest BCUT2D eigenvalue weighted by Gasteiger charge is 2.01. The van der Waals surface area contributed by atoms with Gasteiger partial charge in [-0.05, 0) is 12.1 Å². The van der Waals surface area contributed by atoms with Gasteiger partial charge in [0, 0.05) is 16.5 Å². The standard InChI is InChI=1S/C11H8N2S/c1-2-8-4-3-5-9(6-8)10-7-14-11(12)13-10/h1,3-7H,(H2,12,13). The first-order valence-corrected chi connectivity index (χ1v) is 4.95. The number of hydrogen-bond acceptors (Lipinski definition) is 3. The van der Waals surface area contributed by atoms with Crippen molar-refractivity contribution in [3.05, 3.63) is 35.2 Å². The highest BCUT2D eigenvalue weighted by Crippen LogP contribution is 2.23. The molecule has 0 saturated heterocycles.